The number of hydrogen-bond acceptors (Lipinski definition) is 3. The molecule has 0 heterocycles. The lowest BCUT2D eigenvalue weighted by atomic mass is 10.2. The van der Waals surface area contributed by atoms with Crippen molar-refractivity contribution in [2.75, 3.05) is 6.54 Å². The van der Waals surface area contributed by atoms with Gasteiger partial charge in [0, 0.05) is 6.54 Å². The summed E-state index contributed by atoms with van der Waals surface area (Å²) in [6, 6.07) is 9.22. The maximum atomic E-state index is 11.2. The normalized spacial score (nSPS) is 9.88. The minimum Gasteiger partial charge on any atom is -0.344 e. The lowest BCUT2D eigenvalue weighted by Crippen LogP contribution is -2.37. The minimum atomic E-state index is -0.806. The number of nitrogens with one attached hydrogen (secondary N) is 2. The van der Waals surface area contributed by atoms with E-state index in [2.05, 4.69) is 22.4 Å². The molecule has 0 fully saturated rings. The Morgan fingerprint density at radius 3 is 2.59 bits per heavy atom. The van der Waals surface area contributed by atoms with E-state index in [1.54, 1.807) is 0 Å². The van der Waals surface area contributed by atoms with Gasteiger partial charge in [-0.25, -0.2) is 5.43 Å². The van der Waals surface area contributed by atoms with Crippen LogP contribution in [0.1, 0.15) is 5.56 Å². The van der Waals surface area contributed by atoms with Crippen LogP contribution in [0, 0.1) is 0 Å². The summed E-state index contributed by atoms with van der Waals surface area (Å²) in [5.41, 5.74) is 2.96. The fraction of sp³-hybridized carbons (Fsp3) is 0.0833. The molecule has 5 heteroatoms. The van der Waals surface area contributed by atoms with E-state index in [0.717, 1.165) is 5.56 Å². The van der Waals surface area contributed by atoms with Gasteiger partial charge in [0.25, 0.3) is 0 Å². The number of benzene rings is 1. The number of nitrogens with zero attached hydrogens (tertiary/aromatic N) is 1. The van der Waals surface area contributed by atoms with Gasteiger partial charge in [0.1, 0.15) is 0 Å². The fourth-order valence-electron chi connectivity index (χ4n) is 1.00. The van der Waals surface area contributed by atoms with Gasteiger partial charge in [0.05, 0.1) is 6.21 Å². The standard InChI is InChI=1S/C12H13N3O2/c1-2-8-13-11(16)12(17)15-14-9-10-6-4-3-5-7-10/h2-7,9H,1,8H2,(H,13,16)(H,15,17)/b14-9+. The molecular weight excluding hydrogens is 218 g/mol. The molecule has 2 amide bonds. The molecule has 0 saturated carbocycles. The highest BCUT2D eigenvalue weighted by molar-refractivity contribution is 6.35. The zero-order valence-corrected chi connectivity index (χ0v) is 9.22. The second-order valence-corrected chi connectivity index (χ2v) is 3.11. The Hall–Kier alpha value is -2.43. The van der Waals surface area contributed by atoms with Gasteiger partial charge in [-0.2, -0.15) is 5.10 Å². The van der Waals surface area contributed by atoms with Crippen molar-refractivity contribution in [3.05, 3.63) is 48.6 Å². The Bertz CT molecular complexity index is 427. The van der Waals surface area contributed by atoms with Crippen molar-refractivity contribution < 1.29 is 9.59 Å². The van der Waals surface area contributed by atoms with Crippen molar-refractivity contribution >= 4 is 18.0 Å². The molecule has 5 nitrogen and oxygen atoms in total. The maximum Gasteiger partial charge on any atom is 0.329 e. The molecule has 0 radical (unpaired) electrons. The average Bonchev–Trinajstić information content (AvgIpc) is 2.37. The smallest absolute Gasteiger partial charge is 0.329 e. The Morgan fingerprint density at radius 1 is 1.24 bits per heavy atom. The van der Waals surface area contributed by atoms with Crippen molar-refractivity contribution in [2.24, 2.45) is 5.10 Å². The largest absolute Gasteiger partial charge is 0.344 e. The summed E-state index contributed by atoms with van der Waals surface area (Å²) in [5, 5.41) is 6.00. The van der Waals surface area contributed by atoms with Crippen molar-refractivity contribution in [3.63, 3.8) is 0 Å². The van der Waals surface area contributed by atoms with Crippen LogP contribution in [0.2, 0.25) is 0 Å². The minimum absolute atomic E-state index is 0.245. The van der Waals surface area contributed by atoms with Gasteiger partial charge in [0.15, 0.2) is 0 Å². The van der Waals surface area contributed by atoms with Gasteiger partial charge in [-0.1, -0.05) is 36.4 Å². The summed E-state index contributed by atoms with van der Waals surface area (Å²) in [5.74, 6) is -1.55. The molecule has 1 aromatic rings. The molecule has 0 bridgehead atoms. The van der Waals surface area contributed by atoms with Crippen LogP contribution < -0.4 is 10.7 Å². The Kier molecular flexibility index (Phi) is 5.16. The molecule has 0 aliphatic carbocycles. The quantitative estimate of drug-likeness (QED) is 0.341. The molecule has 88 valence electrons. The van der Waals surface area contributed by atoms with E-state index in [9.17, 15) is 9.59 Å². The van der Waals surface area contributed by atoms with Gasteiger partial charge < -0.3 is 5.32 Å². The molecule has 0 saturated heterocycles. The predicted molar refractivity (Wildman–Crippen MR) is 65.4 cm³/mol. The van der Waals surface area contributed by atoms with E-state index in [1.807, 2.05) is 30.3 Å². The van der Waals surface area contributed by atoms with Crippen LogP contribution in [0.4, 0.5) is 0 Å². The first kappa shape index (κ1) is 12.6. The highest BCUT2D eigenvalue weighted by atomic mass is 16.2. The predicted octanol–water partition coefficient (Wildman–Crippen LogP) is 0.439. The fourth-order valence-corrected chi connectivity index (χ4v) is 1.00. The van der Waals surface area contributed by atoms with Gasteiger partial charge in [-0.3, -0.25) is 9.59 Å². The molecule has 0 aliphatic heterocycles. The summed E-state index contributed by atoms with van der Waals surface area (Å²) < 4.78 is 0. The van der Waals surface area contributed by atoms with Crippen molar-refractivity contribution in [3.8, 4) is 0 Å². The molecule has 0 atom stereocenters. The van der Waals surface area contributed by atoms with E-state index < -0.39 is 11.8 Å². The Balaban J connectivity index is 2.40. The van der Waals surface area contributed by atoms with Crippen LogP contribution in [-0.2, 0) is 9.59 Å². The van der Waals surface area contributed by atoms with Gasteiger partial charge in [-0.15, -0.1) is 6.58 Å². The summed E-state index contributed by atoms with van der Waals surface area (Å²) in [6.45, 7) is 3.66. The third-order valence-electron chi connectivity index (χ3n) is 1.79. The Morgan fingerprint density at radius 2 is 1.94 bits per heavy atom. The van der Waals surface area contributed by atoms with E-state index in [4.69, 9.17) is 0 Å². The monoisotopic (exact) mass is 231 g/mol. The summed E-state index contributed by atoms with van der Waals surface area (Å²) in [4.78, 5) is 22.3. The van der Waals surface area contributed by atoms with Crippen molar-refractivity contribution in [1.82, 2.24) is 10.7 Å². The first-order valence-electron chi connectivity index (χ1n) is 5.01. The molecule has 17 heavy (non-hydrogen) atoms. The maximum absolute atomic E-state index is 11.2. The lowest BCUT2D eigenvalue weighted by molar-refractivity contribution is -0.139. The SMILES string of the molecule is C=CCNC(=O)C(=O)N/N=C/c1ccccc1. The van der Waals surface area contributed by atoms with Gasteiger partial charge in [0.2, 0.25) is 0 Å². The summed E-state index contributed by atoms with van der Waals surface area (Å²) >= 11 is 0. The number of amides is 2. The van der Waals surface area contributed by atoms with E-state index in [1.165, 1.54) is 12.3 Å². The third kappa shape index (κ3) is 4.74. The van der Waals surface area contributed by atoms with Crippen molar-refractivity contribution in [1.29, 1.82) is 0 Å². The molecule has 1 aromatic carbocycles. The third-order valence-corrected chi connectivity index (χ3v) is 1.79. The molecule has 0 spiro atoms. The molecule has 0 aromatic heterocycles. The lowest BCUT2D eigenvalue weighted by Gasteiger charge is -1.99. The topological polar surface area (TPSA) is 70.6 Å². The Labute approximate surface area is 99.2 Å². The number of carbonyl (C=O) groups excluding carboxylic acids is 2. The average molecular weight is 231 g/mol. The van der Waals surface area contributed by atoms with Crippen LogP contribution >= 0.6 is 0 Å². The highest BCUT2D eigenvalue weighted by Crippen LogP contribution is 1.92. The molecular formula is C12H13N3O2. The van der Waals surface area contributed by atoms with Crippen molar-refractivity contribution in [2.45, 2.75) is 0 Å². The second-order valence-electron chi connectivity index (χ2n) is 3.11. The van der Waals surface area contributed by atoms with Crippen LogP contribution in [0.25, 0.3) is 0 Å². The molecule has 0 aliphatic rings. The molecule has 2 N–H and O–H groups in total. The van der Waals surface area contributed by atoms with Crippen LogP contribution in [0.5, 0.6) is 0 Å². The molecule has 0 unspecified atom stereocenters. The van der Waals surface area contributed by atoms with Crippen LogP contribution in [-0.4, -0.2) is 24.6 Å². The van der Waals surface area contributed by atoms with E-state index in [0.29, 0.717) is 0 Å². The zero-order valence-electron chi connectivity index (χ0n) is 9.22. The summed E-state index contributed by atoms with van der Waals surface area (Å²) in [6.07, 6.45) is 2.94. The first-order chi connectivity index (χ1) is 8.24. The highest BCUT2D eigenvalue weighted by Gasteiger charge is 2.10. The second kappa shape index (κ2) is 6.95. The number of rotatable bonds is 4. The van der Waals surface area contributed by atoms with E-state index >= 15 is 0 Å². The number of hydrazone groups is 1. The number of hydrogen-bond donors (Lipinski definition) is 2. The molecule has 1 rings (SSSR count). The van der Waals surface area contributed by atoms with Gasteiger partial charge in [-0.05, 0) is 5.56 Å². The number of carbonyl (C=O) groups is 2. The summed E-state index contributed by atoms with van der Waals surface area (Å²) in [7, 11) is 0. The zero-order chi connectivity index (χ0) is 12.5. The van der Waals surface area contributed by atoms with E-state index in [-0.39, 0.29) is 6.54 Å². The van der Waals surface area contributed by atoms with Gasteiger partial charge >= 0.3 is 11.8 Å². The first-order valence-corrected chi connectivity index (χ1v) is 5.01. The van der Waals surface area contributed by atoms with Crippen LogP contribution in [0.15, 0.2) is 48.1 Å². The van der Waals surface area contributed by atoms with Crippen LogP contribution in [0.3, 0.4) is 0 Å².